The Bertz CT molecular complexity index is 1520. The van der Waals surface area contributed by atoms with Crippen molar-refractivity contribution in [3.05, 3.63) is 69.0 Å². The second kappa shape index (κ2) is 19.5. The summed E-state index contributed by atoms with van der Waals surface area (Å²) in [7, 11) is 5.90. The predicted octanol–water partition coefficient (Wildman–Crippen LogP) is 2.66. The Morgan fingerprint density at radius 1 is 0.960 bits per heavy atom. The molecule has 0 bridgehead atoms. The molecule has 4 N–H and O–H groups in total. The Hall–Kier alpha value is -3.81. The molecule has 0 aliphatic heterocycles. The number of aldehydes is 1. The van der Waals surface area contributed by atoms with Crippen molar-refractivity contribution >= 4 is 58.7 Å². The molecule has 2 atom stereocenters. The predicted molar refractivity (Wildman–Crippen MR) is 176 cm³/mol. The number of alkyl carbamates (subject to hydrolysis) is 1. The van der Waals surface area contributed by atoms with Crippen LogP contribution in [0.15, 0.2) is 28.7 Å². The van der Waals surface area contributed by atoms with Gasteiger partial charge in [0.05, 0.1) is 33.3 Å². The van der Waals surface area contributed by atoms with Crippen LogP contribution in [0.1, 0.15) is 24.0 Å². The van der Waals surface area contributed by atoms with Gasteiger partial charge >= 0.3 is 12.1 Å². The van der Waals surface area contributed by atoms with Gasteiger partial charge in [-0.1, -0.05) is 34.1 Å². The molecule has 2 aromatic rings. The van der Waals surface area contributed by atoms with Gasteiger partial charge < -0.3 is 40.0 Å². The number of esters is 1. The summed E-state index contributed by atoms with van der Waals surface area (Å²) < 4.78 is 78.7. The van der Waals surface area contributed by atoms with Crippen LogP contribution in [0, 0.1) is 29.1 Å². The minimum absolute atomic E-state index is 0.0580. The summed E-state index contributed by atoms with van der Waals surface area (Å²) in [6.07, 6.45) is -1.00. The number of hydrogen-bond acceptors (Lipinski definition) is 9. The maximum absolute atomic E-state index is 13.8. The average molecular weight is 800 g/mol. The van der Waals surface area contributed by atoms with E-state index in [2.05, 4.69) is 54.6 Å². The van der Waals surface area contributed by atoms with Crippen molar-refractivity contribution in [2.75, 3.05) is 53.1 Å². The summed E-state index contributed by atoms with van der Waals surface area (Å²) in [5, 5.41) is 10.1. The summed E-state index contributed by atoms with van der Waals surface area (Å²) in [6.45, 7) is -1.25. The zero-order valence-corrected chi connectivity index (χ0v) is 29.8. The number of ether oxygens (including phenoxy) is 2. The standard InChI is InChI=1S/C31H37BrF5N5O7S/c1-42(2,3)11-10-38-16-31(17-43,41-30(47)49-13-18-6-4-5-7-20(18)32)9-8-22(44)40-21(15-50)29(46)39-12-23(45)48-14-19-24(33)26(35)28(37)27(36)25(19)34/h4-7,17,21,38H,8-16H2,1-3H3,(H3-,39,40,41,44,46,47,50)/p+1/t21-,31-/m0/s1. The van der Waals surface area contributed by atoms with E-state index in [0.29, 0.717) is 33.9 Å². The van der Waals surface area contributed by atoms with Crippen LogP contribution in [-0.4, -0.2) is 99.3 Å². The molecule has 3 amide bonds. The number of rotatable bonds is 19. The quantitative estimate of drug-likeness (QED) is 0.0213. The lowest BCUT2D eigenvalue weighted by molar-refractivity contribution is -0.869. The molecule has 0 saturated carbocycles. The lowest BCUT2D eigenvalue weighted by atomic mass is 9.94. The zero-order valence-electron chi connectivity index (χ0n) is 27.3. The number of halogens is 6. The third-order valence-electron chi connectivity index (χ3n) is 7.01. The fourth-order valence-electron chi connectivity index (χ4n) is 4.11. The van der Waals surface area contributed by atoms with E-state index in [1.54, 1.807) is 24.3 Å². The van der Waals surface area contributed by atoms with E-state index in [-0.39, 0.29) is 31.7 Å². The van der Waals surface area contributed by atoms with Crippen LogP contribution in [0.3, 0.4) is 0 Å². The molecule has 0 heterocycles. The molecule has 0 saturated heterocycles. The molecular weight excluding hydrogens is 761 g/mol. The molecule has 0 aliphatic carbocycles. The van der Waals surface area contributed by atoms with Crippen LogP contribution < -0.4 is 21.3 Å². The zero-order chi connectivity index (χ0) is 37.6. The van der Waals surface area contributed by atoms with Crippen LogP contribution in [0.2, 0.25) is 0 Å². The molecule has 2 aromatic carbocycles. The van der Waals surface area contributed by atoms with Gasteiger partial charge in [-0.25, -0.2) is 26.7 Å². The van der Waals surface area contributed by atoms with E-state index in [9.17, 15) is 45.9 Å². The largest absolute Gasteiger partial charge is 0.459 e. The summed E-state index contributed by atoms with van der Waals surface area (Å²) in [5.41, 5.74) is -2.31. The number of nitrogens with one attached hydrogen (secondary N) is 4. The number of hydrogen-bond donors (Lipinski definition) is 5. The van der Waals surface area contributed by atoms with Crippen molar-refractivity contribution in [2.45, 2.75) is 37.6 Å². The van der Waals surface area contributed by atoms with Crippen molar-refractivity contribution in [2.24, 2.45) is 0 Å². The molecule has 0 radical (unpaired) electrons. The van der Waals surface area contributed by atoms with Crippen molar-refractivity contribution in [3.8, 4) is 0 Å². The van der Waals surface area contributed by atoms with Crippen LogP contribution >= 0.6 is 28.6 Å². The van der Waals surface area contributed by atoms with E-state index in [0.717, 1.165) is 0 Å². The Balaban J connectivity index is 1.98. The topological polar surface area (TPSA) is 152 Å². The first-order valence-electron chi connectivity index (χ1n) is 14.9. The van der Waals surface area contributed by atoms with Gasteiger partial charge in [0, 0.05) is 35.3 Å². The van der Waals surface area contributed by atoms with Gasteiger partial charge in [0.2, 0.25) is 17.6 Å². The third-order valence-corrected chi connectivity index (χ3v) is 8.15. The highest BCUT2D eigenvalue weighted by molar-refractivity contribution is 9.10. The van der Waals surface area contributed by atoms with Crippen molar-refractivity contribution in [1.82, 2.24) is 21.3 Å². The SMILES string of the molecule is C[N+](C)(C)CCNC[C@](C=O)(CCC(=O)N[C@@H](CS)C(=O)NCC(=O)OCc1c(F)c(F)c(F)c(F)c1F)NC(=O)OCc1ccccc1Br. The summed E-state index contributed by atoms with van der Waals surface area (Å²) >= 11 is 7.38. The fraction of sp³-hybridized carbons (Fsp3) is 0.452. The molecule has 2 rings (SSSR count). The molecule has 0 aliphatic rings. The van der Waals surface area contributed by atoms with Crippen molar-refractivity contribution in [1.29, 1.82) is 0 Å². The number of nitrogens with zero attached hydrogens (tertiary/aromatic N) is 1. The van der Waals surface area contributed by atoms with Gasteiger partial charge in [0.25, 0.3) is 0 Å². The first-order chi connectivity index (χ1) is 23.4. The average Bonchev–Trinajstić information content (AvgIpc) is 3.07. The fourth-order valence-corrected chi connectivity index (χ4v) is 4.77. The maximum atomic E-state index is 13.8. The molecule has 0 aromatic heterocycles. The lowest BCUT2D eigenvalue weighted by Gasteiger charge is -2.30. The second-order valence-corrected chi connectivity index (χ2v) is 13.2. The van der Waals surface area contributed by atoms with E-state index < -0.39 is 83.3 Å². The first-order valence-corrected chi connectivity index (χ1v) is 16.4. The molecule has 0 fully saturated rings. The van der Waals surface area contributed by atoms with Gasteiger partial charge in [-0.3, -0.25) is 14.4 Å². The maximum Gasteiger partial charge on any atom is 0.408 e. The Labute approximate surface area is 298 Å². The minimum atomic E-state index is -2.38. The highest BCUT2D eigenvalue weighted by atomic mass is 79.9. The van der Waals surface area contributed by atoms with Crippen LogP contribution in [0.25, 0.3) is 0 Å². The number of carbonyl (C=O) groups is 5. The monoisotopic (exact) mass is 798 g/mol. The smallest absolute Gasteiger partial charge is 0.408 e. The lowest BCUT2D eigenvalue weighted by Crippen LogP contribution is -2.58. The first kappa shape index (κ1) is 42.4. The molecule has 50 heavy (non-hydrogen) atoms. The van der Waals surface area contributed by atoms with Gasteiger partial charge in [-0.15, -0.1) is 0 Å². The number of thiol groups is 1. The normalized spacial score (nSPS) is 13.1. The third kappa shape index (κ3) is 13.1. The van der Waals surface area contributed by atoms with Crippen molar-refractivity contribution < 1.29 is 59.9 Å². The van der Waals surface area contributed by atoms with Crippen LogP contribution in [0.5, 0.6) is 0 Å². The summed E-state index contributed by atoms with van der Waals surface area (Å²) in [5.74, 6) is -14.4. The highest BCUT2D eigenvalue weighted by Gasteiger charge is 2.34. The highest BCUT2D eigenvalue weighted by Crippen LogP contribution is 2.23. The summed E-state index contributed by atoms with van der Waals surface area (Å²) in [6, 6.07) is 5.72. The van der Waals surface area contributed by atoms with Gasteiger partial charge in [-0.2, -0.15) is 12.6 Å². The van der Waals surface area contributed by atoms with E-state index >= 15 is 0 Å². The van der Waals surface area contributed by atoms with Gasteiger partial charge in [-0.05, 0) is 12.5 Å². The number of likely N-dealkylation sites (N-methyl/N-ethyl adjacent to an activating group) is 1. The second-order valence-electron chi connectivity index (χ2n) is 12.0. The molecule has 12 nitrogen and oxygen atoms in total. The number of carbonyl (C=O) groups excluding carboxylic acids is 5. The Kier molecular flexibility index (Phi) is 16.6. The molecule has 0 unspecified atom stereocenters. The van der Waals surface area contributed by atoms with E-state index in [4.69, 9.17) is 4.74 Å². The number of benzene rings is 2. The Morgan fingerprint density at radius 2 is 1.58 bits per heavy atom. The van der Waals surface area contributed by atoms with Crippen molar-refractivity contribution in [3.63, 3.8) is 0 Å². The van der Waals surface area contributed by atoms with Crippen LogP contribution in [-0.2, 0) is 41.9 Å². The molecular formula is C31H38BrF5N5O7S+. The van der Waals surface area contributed by atoms with Gasteiger partial charge in [0.15, 0.2) is 23.3 Å². The van der Waals surface area contributed by atoms with Gasteiger partial charge in [0.1, 0.15) is 37.6 Å². The molecule has 276 valence electrons. The van der Waals surface area contributed by atoms with E-state index in [1.807, 2.05) is 21.1 Å². The Morgan fingerprint density at radius 3 is 2.16 bits per heavy atom. The number of amides is 3. The number of quaternary nitrogens is 1. The molecule has 0 spiro atoms. The molecule has 19 heteroatoms. The minimum Gasteiger partial charge on any atom is -0.459 e. The van der Waals surface area contributed by atoms with Crippen LogP contribution in [0.4, 0.5) is 26.7 Å². The van der Waals surface area contributed by atoms with E-state index in [1.165, 1.54) is 0 Å². The summed E-state index contributed by atoms with van der Waals surface area (Å²) in [4.78, 5) is 62.6.